The molecule has 3 heteroatoms. The van der Waals surface area contributed by atoms with Crippen molar-refractivity contribution in [3.8, 4) is 12.3 Å². The van der Waals surface area contributed by atoms with E-state index < -0.39 is 5.54 Å². The molecule has 0 aromatic carbocycles. The predicted octanol–water partition coefficient (Wildman–Crippen LogP) is 0.239. The Morgan fingerprint density at radius 3 is 2.77 bits per heavy atom. The number of nitrogens with zero attached hydrogens (tertiary/aromatic N) is 1. The number of likely N-dealkylation sites (tertiary alicyclic amines) is 1. The van der Waals surface area contributed by atoms with Gasteiger partial charge in [-0.05, 0) is 13.8 Å². The molecule has 0 aromatic heterocycles. The molecule has 1 aliphatic heterocycles. The Bertz CT molecular complexity index is 252. The second-order valence-corrected chi connectivity index (χ2v) is 4.04. The third-order valence-corrected chi connectivity index (χ3v) is 2.48. The topological polar surface area (TPSA) is 40.5 Å². The third-order valence-electron chi connectivity index (χ3n) is 2.48. The van der Waals surface area contributed by atoms with Crippen molar-refractivity contribution in [2.45, 2.75) is 25.8 Å². The standard InChI is InChI=1S/C10H15NO2/c1-4-8-5-9(13)11(6-8)10(2,3)7-12/h1,8,12H,5-7H2,2-3H3. The van der Waals surface area contributed by atoms with Gasteiger partial charge in [0, 0.05) is 18.9 Å². The van der Waals surface area contributed by atoms with Crippen LogP contribution in [0.25, 0.3) is 0 Å². The van der Waals surface area contributed by atoms with E-state index in [0.717, 1.165) is 0 Å². The molecule has 13 heavy (non-hydrogen) atoms. The number of aliphatic hydroxyl groups excluding tert-OH is 1. The molecule has 1 N–H and O–H groups in total. The Balaban J connectivity index is 2.74. The lowest BCUT2D eigenvalue weighted by molar-refractivity contribution is -0.133. The van der Waals surface area contributed by atoms with Crippen LogP contribution in [0.5, 0.6) is 0 Å². The molecule has 0 radical (unpaired) electrons. The maximum absolute atomic E-state index is 11.5. The number of hydrogen-bond acceptors (Lipinski definition) is 2. The summed E-state index contributed by atoms with van der Waals surface area (Å²) in [7, 11) is 0. The van der Waals surface area contributed by atoms with E-state index in [4.69, 9.17) is 11.5 Å². The molecule has 0 aromatic rings. The van der Waals surface area contributed by atoms with Gasteiger partial charge in [-0.3, -0.25) is 4.79 Å². The molecule has 3 nitrogen and oxygen atoms in total. The van der Waals surface area contributed by atoms with Gasteiger partial charge in [-0.15, -0.1) is 12.3 Å². The minimum atomic E-state index is -0.483. The summed E-state index contributed by atoms with van der Waals surface area (Å²) in [6.45, 7) is 4.21. The smallest absolute Gasteiger partial charge is 0.224 e. The van der Waals surface area contributed by atoms with Crippen molar-refractivity contribution < 1.29 is 9.90 Å². The van der Waals surface area contributed by atoms with Gasteiger partial charge in [-0.25, -0.2) is 0 Å². The van der Waals surface area contributed by atoms with Gasteiger partial charge in [-0.1, -0.05) is 0 Å². The first-order chi connectivity index (χ1) is 6.01. The number of carbonyl (C=O) groups excluding carboxylic acids is 1. The highest BCUT2D eigenvalue weighted by Gasteiger charge is 2.37. The monoisotopic (exact) mass is 181 g/mol. The molecule has 1 rings (SSSR count). The number of hydrogen-bond donors (Lipinski definition) is 1. The van der Waals surface area contributed by atoms with Gasteiger partial charge in [0.2, 0.25) is 5.91 Å². The highest BCUT2D eigenvalue weighted by molar-refractivity contribution is 5.80. The number of amides is 1. The minimum absolute atomic E-state index is 0.0123. The molecule has 1 fully saturated rings. The summed E-state index contributed by atoms with van der Waals surface area (Å²) in [6, 6.07) is 0. The molecule has 0 bridgehead atoms. The average Bonchev–Trinajstić information content (AvgIpc) is 2.47. The van der Waals surface area contributed by atoms with Gasteiger partial charge < -0.3 is 10.0 Å². The Labute approximate surface area is 78.7 Å². The summed E-state index contributed by atoms with van der Waals surface area (Å²) >= 11 is 0. The van der Waals surface area contributed by atoms with Crippen LogP contribution in [0.15, 0.2) is 0 Å². The summed E-state index contributed by atoms with van der Waals surface area (Å²) in [5, 5.41) is 9.09. The summed E-state index contributed by atoms with van der Waals surface area (Å²) < 4.78 is 0. The quantitative estimate of drug-likeness (QED) is 0.620. The van der Waals surface area contributed by atoms with Gasteiger partial charge in [0.15, 0.2) is 0 Å². The van der Waals surface area contributed by atoms with E-state index in [1.54, 1.807) is 4.90 Å². The van der Waals surface area contributed by atoms with Crippen molar-refractivity contribution in [3.05, 3.63) is 0 Å². The van der Waals surface area contributed by atoms with Crippen molar-refractivity contribution in [3.63, 3.8) is 0 Å². The molecule has 1 atom stereocenters. The second kappa shape index (κ2) is 3.39. The average molecular weight is 181 g/mol. The minimum Gasteiger partial charge on any atom is -0.394 e. The van der Waals surface area contributed by atoms with Crippen molar-refractivity contribution in [1.29, 1.82) is 0 Å². The van der Waals surface area contributed by atoms with Crippen LogP contribution in [-0.2, 0) is 4.79 Å². The predicted molar refractivity (Wildman–Crippen MR) is 49.8 cm³/mol. The van der Waals surface area contributed by atoms with E-state index in [2.05, 4.69) is 5.92 Å². The lowest BCUT2D eigenvalue weighted by Gasteiger charge is -2.33. The fourth-order valence-electron chi connectivity index (χ4n) is 1.49. The van der Waals surface area contributed by atoms with Crippen LogP contribution in [0, 0.1) is 18.3 Å². The molecule has 0 aliphatic carbocycles. The van der Waals surface area contributed by atoms with Crippen molar-refractivity contribution in [2.24, 2.45) is 5.92 Å². The normalized spacial score (nSPS) is 23.4. The number of aliphatic hydroxyl groups is 1. The molecule has 1 aliphatic rings. The van der Waals surface area contributed by atoms with Crippen molar-refractivity contribution in [1.82, 2.24) is 4.90 Å². The van der Waals surface area contributed by atoms with Crippen molar-refractivity contribution >= 4 is 5.91 Å². The van der Waals surface area contributed by atoms with Gasteiger partial charge in [0.05, 0.1) is 12.1 Å². The summed E-state index contributed by atoms with van der Waals surface area (Å²) in [6.07, 6.45) is 5.67. The number of carbonyl (C=O) groups is 1. The zero-order chi connectivity index (χ0) is 10.1. The van der Waals surface area contributed by atoms with Gasteiger partial charge in [0.25, 0.3) is 0 Å². The molecule has 1 unspecified atom stereocenters. The first-order valence-corrected chi connectivity index (χ1v) is 4.38. The first-order valence-electron chi connectivity index (χ1n) is 4.38. The van der Waals surface area contributed by atoms with Crippen LogP contribution in [0.2, 0.25) is 0 Å². The van der Waals surface area contributed by atoms with Crippen LogP contribution in [0.1, 0.15) is 20.3 Å². The van der Waals surface area contributed by atoms with E-state index in [1.807, 2.05) is 13.8 Å². The molecular weight excluding hydrogens is 166 g/mol. The van der Waals surface area contributed by atoms with E-state index in [0.29, 0.717) is 13.0 Å². The highest BCUT2D eigenvalue weighted by Crippen LogP contribution is 2.25. The maximum atomic E-state index is 11.5. The Morgan fingerprint density at radius 1 is 1.77 bits per heavy atom. The van der Waals surface area contributed by atoms with Crippen LogP contribution in [0.4, 0.5) is 0 Å². The summed E-state index contributed by atoms with van der Waals surface area (Å²) in [4.78, 5) is 13.1. The Kier molecular flexibility index (Phi) is 2.63. The molecule has 1 amide bonds. The molecule has 0 saturated carbocycles. The van der Waals surface area contributed by atoms with Crippen LogP contribution in [-0.4, -0.2) is 34.6 Å². The third kappa shape index (κ3) is 1.84. The molecule has 1 heterocycles. The van der Waals surface area contributed by atoms with Crippen molar-refractivity contribution in [2.75, 3.05) is 13.2 Å². The fourth-order valence-corrected chi connectivity index (χ4v) is 1.49. The van der Waals surface area contributed by atoms with E-state index in [-0.39, 0.29) is 18.4 Å². The molecule has 1 saturated heterocycles. The highest BCUT2D eigenvalue weighted by atomic mass is 16.3. The Morgan fingerprint density at radius 2 is 2.38 bits per heavy atom. The fraction of sp³-hybridized carbons (Fsp3) is 0.700. The van der Waals surface area contributed by atoms with E-state index in [9.17, 15) is 4.79 Å². The maximum Gasteiger partial charge on any atom is 0.224 e. The van der Waals surface area contributed by atoms with E-state index in [1.165, 1.54) is 0 Å². The number of rotatable bonds is 2. The van der Waals surface area contributed by atoms with Crippen LogP contribution in [0.3, 0.4) is 0 Å². The lowest BCUT2D eigenvalue weighted by atomic mass is 10.1. The zero-order valence-corrected chi connectivity index (χ0v) is 8.08. The van der Waals surface area contributed by atoms with E-state index >= 15 is 0 Å². The second-order valence-electron chi connectivity index (χ2n) is 4.04. The molecule has 72 valence electrons. The first kappa shape index (κ1) is 10.1. The van der Waals surface area contributed by atoms with Crippen LogP contribution < -0.4 is 0 Å². The zero-order valence-electron chi connectivity index (χ0n) is 8.08. The largest absolute Gasteiger partial charge is 0.394 e. The van der Waals surface area contributed by atoms with Crippen LogP contribution >= 0.6 is 0 Å². The van der Waals surface area contributed by atoms with Gasteiger partial charge in [0.1, 0.15) is 0 Å². The lowest BCUT2D eigenvalue weighted by Crippen LogP contribution is -2.47. The summed E-state index contributed by atoms with van der Waals surface area (Å²) in [5.74, 6) is 2.63. The molecule has 0 spiro atoms. The van der Waals surface area contributed by atoms with Gasteiger partial charge >= 0.3 is 0 Å². The van der Waals surface area contributed by atoms with Gasteiger partial charge in [-0.2, -0.15) is 0 Å². The Hall–Kier alpha value is -1.01. The SMILES string of the molecule is C#CC1CC(=O)N(C(C)(C)CO)C1. The summed E-state index contributed by atoms with van der Waals surface area (Å²) in [5.41, 5.74) is -0.483. The molecular formula is C10H15NO2. The number of terminal acetylenes is 1.